The third-order valence-corrected chi connectivity index (χ3v) is 4.41. The van der Waals surface area contributed by atoms with Crippen LogP contribution in [0.25, 0.3) is 11.1 Å². The van der Waals surface area contributed by atoms with Crippen LogP contribution in [0.5, 0.6) is 17.2 Å². The second kappa shape index (κ2) is 6.05. The minimum Gasteiger partial charge on any atom is -0.496 e. The van der Waals surface area contributed by atoms with Crippen LogP contribution in [0.15, 0.2) is 30.3 Å². The number of hydrogen-bond acceptors (Lipinski definition) is 4. The van der Waals surface area contributed by atoms with Crippen LogP contribution >= 0.6 is 12.0 Å². The molecule has 0 aliphatic carbocycles. The van der Waals surface area contributed by atoms with E-state index in [9.17, 15) is 13.2 Å². The molecule has 2 aromatic carbocycles. The number of hydrogen-bond donors (Lipinski definition) is 0. The zero-order chi connectivity index (χ0) is 18.4. The molecule has 0 aromatic heterocycles. The molecule has 0 saturated heterocycles. The van der Waals surface area contributed by atoms with Crippen molar-refractivity contribution in [2.24, 2.45) is 0 Å². The first-order chi connectivity index (χ1) is 11.6. The summed E-state index contributed by atoms with van der Waals surface area (Å²) in [5.74, 6) is 0.850. The second-order valence-electron chi connectivity index (χ2n) is 6.27. The maximum atomic E-state index is 12.4. The predicted molar refractivity (Wildman–Crippen MR) is 91.1 cm³/mol. The van der Waals surface area contributed by atoms with E-state index in [1.54, 1.807) is 0 Å². The maximum Gasteiger partial charge on any atom is 0.479 e. The Labute approximate surface area is 148 Å². The average Bonchev–Trinajstić information content (AvgIpc) is 2.50. The van der Waals surface area contributed by atoms with Crippen LogP contribution in [0.4, 0.5) is 13.2 Å². The van der Waals surface area contributed by atoms with Gasteiger partial charge in [-0.2, -0.15) is 13.2 Å². The Morgan fingerprint density at radius 1 is 1.12 bits per heavy atom. The van der Waals surface area contributed by atoms with Gasteiger partial charge >= 0.3 is 5.51 Å². The quantitative estimate of drug-likeness (QED) is 0.634. The highest BCUT2D eigenvalue weighted by molar-refractivity contribution is 7.95. The summed E-state index contributed by atoms with van der Waals surface area (Å²) in [6, 6.07) is 8.91. The Hall–Kier alpha value is -2.02. The van der Waals surface area contributed by atoms with Gasteiger partial charge in [-0.1, -0.05) is 23.8 Å². The number of halogens is 3. The first-order valence-electron chi connectivity index (χ1n) is 7.56. The van der Waals surface area contributed by atoms with Gasteiger partial charge in [0.15, 0.2) is 12.0 Å². The van der Waals surface area contributed by atoms with Crippen molar-refractivity contribution in [2.75, 3.05) is 7.11 Å². The topological polar surface area (TPSA) is 27.7 Å². The minimum absolute atomic E-state index is 0.0184. The van der Waals surface area contributed by atoms with E-state index in [0.29, 0.717) is 17.1 Å². The van der Waals surface area contributed by atoms with E-state index in [4.69, 9.17) is 13.7 Å². The number of benzene rings is 2. The van der Waals surface area contributed by atoms with Crippen LogP contribution in [0, 0.1) is 6.92 Å². The van der Waals surface area contributed by atoms with Crippen molar-refractivity contribution in [3.63, 3.8) is 0 Å². The lowest BCUT2D eigenvalue weighted by atomic mass is 9.85. The molecule has 1 heterocycles. The first-order valence-corrected chi connectivity index (χ1v) is 8.30. The third-order valence-electron chi connectivity index (χ3n) is 3.95. The monoisotopic (exact) mass is 370 g/mol. The molecule has 134 valence electrons. The zero-order valence-electron chi connectivity index (χ0n) is 14.2. The lowest BCUT2D eigenvalue weighted by molar-refractivity contribution is -0.0369. The average molecular weight is 370 g/mol. The smallest absolute Gasteiger partial charge is 0.479 e. The van der Waals surface area contributed by atoms with Crippen molar-refractivity contribution in [3.05, 3.63) is 41.5 Å². The molecule has 7 heteroatoms. The van der Waals surface area contributed by atoms with E-state index in [-0.39, 0.29) is 5.75 Å². The van der Waals surface area contributed by atoms with Crippen molar-refractivity contribution in [3.8, 4) is 28.4 Å². The van der Waals surface area contributed by atoms with E-state index in [0.717, 1.165) is 16.7 Å². The summed E-state index contributed by atoms with van der Waals surface area (Å²) in [6.07, 6.45) is 0. The van der Waals surface area contributed by atoms with Gasteiger partial charge in [-0.25, -0.2) is 0 Å². The molecule has 3 nitrogen and oxygen atoms in total. The van der Waals surface area contributed by atoms with E-state index in [1.165, 1.54) is 19.2 Å². The number of rotatable bonds is 3. The van der Waals surface area contributed by atoms with Crippen LogP contribution in [-0.4, -0.2) is 12.6 Å². The van der Waals surface area contributed by atoms with Crippen molar-refractivity contribution in [2.45, 2.75) is 31.9 Å². The van der Waals surface area contributed by atoms with E-state index in [1.807, 2.05) is 39.0 Å². The molecule has 0 atom stereocenters. The fourth-order valence-electron chi connectivity index (χ4n) is 2.94. The van der Waals surface area contributed by atoms with Crippen molar-refractivity contribution >= 4 is 12.0 Å². The highest BCUT2D eigenvalue weighted by Gasteiger charge is 2.36. The van der Waals surface area contributed by atoms with E-state index >= 15 is 0 Å². The van der Waals surface area contributed by atoms with Gasteiger partial charge in [-0.3, -0.25) is 0 Å². The SMILES string of the molecule is COc1cc(OSC(F)(F)F)cc2c1-c1cc(C)ccc1C(C)(C)O2. The summed E-state index contributed by atoms with van der Waals surface area (Å²) < 4.78 is 53.4. The summed E-state index contributed by atoms with van der Waals surface area (Å²) in [7, 11) is 1.46. The van der Waals surface area contributed by atoms with Gasteiger partial charge in [-0.05, 0) is 26.3 Å². The van der Waals surface area contributed by atoms with Gasteiger partial charge in [0.2, 0.25) is 0 Å². The minimum atomic E-state index is -4.49. The summed E-state index contributed by atoms with van der Waals surface area (Å²) in [5.41, 5.74) is -1.41. The van der Waals surface area contributed by atoms with Gasteiger partial charge < -0.3 is 13.7 Å². The predicted octanol–water partition coefficient (Wildman–Crippen LogP) is 5.84. The molecule has 0 bridgehead atoms. The molecule has 1 aliphatic rings. The second-order valence-corrected chi connectivity index (χ2v) is 7.07. The van der Waals surface area contributed by atoms with Gasteiger partial charge in [0.05, 0.1) is 12.7 Å². The molecule has 0 fully saturated rings. The standard InChI is InChI=1S/C18H17F3O3S/c1-10-5-6-13-12(7-10)16-14(22-4)8-11(24-25-18(19,20)21)9-15(16)23-17(13,2)3/h5-9H,1-4H3. The van der Waals surface area contributed by atoms with Gasteiger partial charge in [0.1, 0.15) is 22.8 Å². The number of ether oxygens (including phenoxy) is 2. The molecular weight excluding hydrogens is 353 g/mol. The lowest BCUT2D eigenvalue weighted by Crippen LogP contribution is -2.29. The third kappa shape index (κ3) is 3.51. The Balaban J connectivity index is 2.13. The Morgan fingerprint density at radius 2 is 1.84 bits per heavy atom. The molecule has 0 unspecified atom stereocenters. The van der Waals surface area contributed by atoms with Crippen LogP contribution in [0.3, 0.4) is 0 Å². The number of fused-ring (bicyclic) bond motifs is 3. The van der Waals surface area contributed by atoms with Crippen LogP contribution in [0.2, 0.25) is 0 Å². The molecule has 2 aromatic rings. The number of methoxy groups -OCH3 is 1. The lowest BCUT2D eigenvalue weighted by Gasteiger charge is -2.35. The highest BCUT2D eigenvalue weighted by atomic mass is 32.2. The van der Waals surface area contributed by atoms with Crippen LogP contribution in [0.1, 0.15) is 25.0 Å². The van der Waals surface area contributed by atoms with Gasteiger partial charge in [-0.15, -0.1) is 0 Å². The maximum absolute atomic E-state index is 12.4. The van der Waals surface area contributed by atoms with Gasteiger partial charge in [0, 0.05) is 17.7 Å². The van der Waals surface area contributed by atoms with Crippen molar-refractivity contribution in [1.82, 2.24) is 0 Å². The fraction of sp³-hybridized carbons (Fsp3) is 0.333. The fourth-order valence-corrected chi connectivity index (χ4v) is 3.22. The molecular formula is C18H17F3O3S. The molecule has 0 N–H and O–H groups in total. The molecule has 0 radical (unpaired) electrons. The molecule has 3 rings (SSSR count). The summed E-state index contributed by atoms with van der Waals surface area (Å²) in [4.78, 5) is 0. The number of aryl methyl sites for hydroxylation is 1. The Morgan fingerprint density at radius 3 is 2.48 bits per heavy atom. The molecule has 25 heavy (non-hydrogen) atoms. The summed E-state index contributed by atoms with van der Waals surface area (Å²) in [6.45, 7) is 5.80. The van der Waals surface area contributed by atoms with Crippen molar-refractivity contribution < 1.29 is 26.8 Å². The molecule has 0 saturated carbocycles. The zero-order valence-corrected chi connectivity index (χ0v) is 15.0. The largest absolute Gasteiger partial charge is 0.496 e. The first kappa shape index (κ1) is 17.8. The van der Waals surface area contributed by atoms with Crippen molar-refractivity contribution in [1.29, 1.82) is 0 Å². The highest BCUT2D eigenvalue weighted by Crippen LogP contribution is 2.51. The van der Waals surface area contributed by atoms with Crippen LogP contribution in [-0.2, 0) is 5.60 Å². The molecule has 0 amide bonds. The summed E-state index contributed by atoms with van der Waals surface area (Å²) >= 11 is -0.567. The Kier molecular flexibility index (Phi) is 4.31. The Bertz CT molecular complexity index is 816. The molecule has 0 spiro atoms. The normalized spacial score (nSPS) is 15.0. The molecule has 1 aliphatic heterocycles. The van der Waals surface area contributed by atoms with Crippen LogP contribution < -0.4 is 13.7 Å². The number of alkyl halides is 3. The summed E-state index contributed by atoms with van der Waals surface area (Å²) in [5, 5.41) is 0. The van der Waals surface area contributed by atoms with E-state index in [2.05, 4.69) is 0 Å². The van der Waals surface area contributed by atoms with Gasteiger partial charge in [0.25, 0.3) is 0 Å². The van der Waals surface area contributed by atoms with E-state index < -0.39 is 23.2 Å².